The topological polar surface area (TPSA) is 63.7 Å². The van der Waals surface area contributed by atoms with Crippen molar-refractivity contribution in [3.63, 3.8) is 0 Å². The molecule has 3 heterocycles. The highest BCUT2D eigenvalue weighted by atomic mass is 19.1. The van der Waals surface area contributed by atoms with Crippen LogP contribution in [0.4, 0.5) is 10.1 Å². The van der Waals surface area contributed by atoms with Gasteiger partial charge in [0.1, 0.15) is 17.2 Å². The average Bonchev–Trinajstić information content (AvgIpc) is 3.25. The van der Waals surface area contributed by atoms with E-state index in [1.54, 1.807) is 13.2 Å². The minimum Gasteiger partial charge on any atom is -0.482 e. The molecule has 32 heavy (non-hydrogen) atoms. The number of carbonyl (C=O) groups is 1. The van der Waals surface area contributed by atoms with Crippen LogP contribution in [0.25, 0.3) is 11.1 Å². The van der Waals surface area contributed by atoms with Crippen molar-refractivity contribution in [2.24, 2.45) is 0 Å². The zero-order chi connectivity index (χ0) is 22.9. The van der Waals surface area contributed by atoms with Crippen molar-refractivity contribution < 1.29 is 18.7 Å². The minimum absolute atomic E-state index is 0.292. The molecule has 1 aromatic heterocycles. The zero-order valence-corrected chi connectivity index (χ0v) is 18.9. The SMILES string of the molecule is COCCN(C)CCc1ccc(C2=C/C(=C3\C(=O)Nc4cc(F)ccc43)OC2(C)C)cn1. The Hall–Kier alpha value is -3.03. The first-order valence-corrected chi connectivity index (χ1v) is 10.7. The van der Waals surface area contributed by atoms with Crippen molar-refractivity contribution in [1.29, 1.82) is 0 Å². The van der Waals surface area contributed by atoms with Crippen LogP contribution in [0.1, 0.15) is 30.7 Å². The summed E-state index contributed by atoms with van der Waals surface area (Å²) in [7, 11) is 3.77. The van der Waals surface area contributed by atoms with Crippen LogP contribution in [0.5, 0.6) is 0 Å². The van der Waals surface area contributed by atoms with Crippen LogP contribution in [0.3, 0.4) is 0 Å². The quantitative estimate of drug-likeness (QED) is 0.666. The number of amides is 1. The Labute approximate surface area is 187 Å². The van der Waals surface area contributed by atoms with Gasteiger partial charge in [-0.15, -0.1) is 0 Å². The number of aromatic nitrogens is 1. The number of likely N-dealkylation sites (N-methyl/N-ethyl adjacent to an activating group) is 1. The fourth-order valence-electron chi connectivity index (χ4n) is 4.00. The molecule has 0 saturated heterocycles. The van der Waals surface area contributed by atoms with Crippen molar-refractivity contribution in [2.75, 3.05) is 39.2 Å². The average molecular weight is 438 g/mol. The Kier molecular flexibility index (Phi) is 6.13. The molecule has 1 amide bonds. The molecule has 1 N–H and O–H groups in total. The van der Waals surface area contributed by atoms with Gasteiger partial charge in [0.25, 0.3) is 5.91 Å². The molecule has 0 atom stereocenters. The van der Waals surface area contributed by atoms with Crippen molar-refractivity contribution in [2.45, 2.75) is 25.9 Å². The summed E-state index contributed by atoms with van der Waals surface area (Å²) >= 11 is 0. The number of ether oxygens (including phenoxy) is 2. The summed E-state index contributed by atoms with van der Waals surface area (Å²) in [6, 6.07) is 8.34. The van der Waals surface area contributed by atoms with Gasteiger partial charge in [0.05, 0.1) is 17.9 Å². The second-order valence-electron chi connectivity index (χ2n) is 8.64. The largest absolute Gasteiger partial charge is 0.482 e. The number of benzene rings is 1. The van der Waals surface area contributed by atoms with Crippen molar-refractivity contribution >= 4 is 22.7 Å². The number of allylic oxidation sites excluding steroid dienone is 1. The van der Waals surface area contributed by atoms with Gasteiger partial charge in [-0.05, 0) is 51.2 Å². The molecule has 0 unspecified atom stereocenters. The van der Waals surface area contributed by atoms with Crippen molar-refractivity contribution in [3.05, 3.63) is 71.0 Å². The number of hydrogen-bond acceptors (Lipinski definition) is 5. The Morgan fingerprint density at radius 2 is 2.03 bits per heavy atom. The molecule has 2 aliphatic rings. The van der Waals surface area contributed by atoms with Gasteiger partial charge in [0, 0.05) is 55.2 Å². The molecule has 7 heteroatoms. The standard InChI is InChI=1S/C25H28FN3O3/c1-25(2)20(16-5-7-18(27-15-16)9-10-29(3)11-12-31-4)14-22(32-25)23-19-8-6-17(26)13-21(19)28-24(23)30/h5-8,13-15H,9-12H2,1-4H3,(H,28,30)/b23-22+. The number of rotatable bonds is 7. The lowest BCUT2D eigenvalue weighted by molar-refractivity contribution is -0.111. The third-order valence-corrected chi connectivity index (χ3v) is 5.82. The van der Waals surface area contributed by atoms with Crippen LogP contribution in [0, 0.1) is 5.82 Å². The summed E-state index contributed by atoms with van der Waals surface area (Å²) in [4.78, 5) is 19.4. The second kappa shape index (κ2) is 8.84. The van der Waals surface area contributed by atoms with E-state index in [1.165, 1.54) is 12.1 Å². The predicted octanol–water partition coefficient (Wildman–Crippen LogP) is 3.90. The normalized spacial score (nSPS) is 19.1. The zero-order valence-electron chi connectivity index (χ0n) is 18.9. The van der Waals surface area contributed by atoms with Crippen LogP contribution in [-0.2, 0) is 20.7 Å². The van der Waals surface area contributed by atoms with E-state index in [4.69, 9.17) is 9.47 Å². The summed E-state index contributed by atoms with van der Waals surface area (Å²) in [5.41, 5.74) is 3.80. The van der Waals surface area contributed by atoms with Crippen molar-refractivity contribution in [3.8, 4) is 0 Å². The van der Waals surface area contributed by atoms with E-state index in [9.17, 15) is 9.18 Å². The van der Waals surface area contributed by atoms with E-state index in [1.807, 2.05) is 38.3 Å². The molecule has 0 fully saturated rings. The van der Waals surface area contributed by atoms with Crippen LogP contribution in [-0.4, -0.2) is 55.2 Å². The number of carbonyl (C=O) groups excluding carboxylic acids is 1. The number of anilines is 1. The van der Waals surface area contributed by atoms with Crippen LogP contribution >= 0.6 is 0 Å². The lowest BCUT2D eigenvalue weighted by Gasteiger charge is -2.23. The smallest absolute Gasteiger partial charge is 0.260 e. The number of fused-ring (bicyclic) bond motifs is 1. The Balaban J connectivity index is 1.57. The molecule has 0 radical (unpaired) electrons. The summed E-state index contributed by atoms with van der Waals surface area (Å²) in [6.07, 6.45) is 4.60. The number of methoxy groups -OCH3 is 1. The molecule has 2 aliphatic heterocycles. The van der Waals surface area contributed by atoms with Gasteiger partial charge < -0.3 is 19.7 Å². The van der Waals surface area contributed by atoms with Gasteiger partial charge in [-0.3, -0.25) is 9.78 Å². The number of pyridine rings is 1. The first-order valence-electron chi connectivity index (χ1n) is 10.7. The summed E-state index contributed by atoms with van der Waals surface area (Å²) in [6.45, 7) is 6.42. The molecule has 168 valence electrons. The number of nitrogens with zero attached hydrogens (tertiary/aromatic N) is 2. The molecule has 0 saturated carbocycles. The maximum Gasteiger partial charge on any atom is 0.260 e. The van der Waals surface area contributed by atoms with Gasteiger partial charge in [0.2, 0.25) is 0 Å². The highest BCUT2D eigenvalue weighted by molar-refractivity contribution is 6.32. The van der Waals surface area contributed by atoms with E-state index >= 15 is 0 Å². The molecular formula is C25H28FN3O3. The molecule has 6 nitrogen and oxygen atoms in total. The van der Waals surface area contributed by atoms with Gasteiger partial charge in [-0.2, -0.15) is 0 Å². The highest BCUT2D eigenvalue weighted by Gasteiger charge is 2.38. The van der Waals surface area contributed by atoms with Crippen LogP contribution < -0.4 is 5.32 Å². The van der Waals surface area contributed by atoms with E-state index < -0.39 is 11.4 Å². The molecule has 2 aromatic rings. The highest BCUT2D eigenvalue weighted by Crippen LogP contribution is 2.44. The molecule has 0 spiro atoms. The monoisotopic (exact) mass is 437 g/mol. The van der Waals surface area contributed by atoms with Crippen molar-refractivity contribution in [1.82, 2.24) is 9.88 Å². The first-order chi connectivity index (χ1) is 15.3. The maximum absolute atomic E-state index is 13.6. The maximum atomic E-state index is 13.6. The lowest BCUT2D eigenvalue weighted by atomic mass is 9.93. The van der Waals surface area contributed by atoms with Crippen LogP contribution in [0.15, 0.2) is 48.4 Å². The van der Waals surface area contributed by atoms with Crippen LogP contribution in [0.2, 0.25) is 0 Å². The van der Waals surface area contributed by atoms with Gasteiger partial charge >= 0.3 is 0 Å². The van der Waals surface area contributed by atoms with E-state index in [-0.39, 0.29) is 5.91 Å². The third-order valence-electron chi connectivity index (χ3n) is 5.82. The summed E-state index contributed by atoms with van der Waals surface area (Å²) in [5, 5.41) is 2.72. The van der Waals surface area contributed by atoms with E-state index in [0.29, 0.717) is 29.2 Å². The first kappa shape index (κ1) is 22.2. The van der Waals surface area contributed by atoms with Gasteiger partial charge in [-0.25, -0.2) is 4.39 Å². The summed E-state index contributed by atoms with van der Waals surface area (Å²) in [5.74, 6) is -0.202. The van der Waals surface area contributed by atoms with E-state index in [2.05, 4.69) is 22.2 Å². The minimum atomic E-state index is -0.630. The fourth-order valence-corrected chi connectivity index (χ4v) is 4.00. The number of halogens is 1. The van der Waals surface area contributed by atoms with E-state index in [0.717, 1.165) is 36.3 Å². The molecular weight excluding hydrogens is 409 g/mol. The molecule has 0 bridgehead atoms. The van der Waals surface area contributed by atoms with Gasteiger partial charge in [-0.1, -0.05) is 6.07 Å². The predicted molar refractivity (Wildman–Crippen MR) is 122 cm³/mol. The molecule has 1 aromatic carbocycles. The second-order valence-corrected chi connectivity index (χ2v) is 8.64. The molecule has 4 rings (SSSR count). The Morgan fingerprint density at radius 3 is 2.75 bits per heavy atom. The van der Waals surface area contributed by atoms with Gasteiger partial charge in [0.15, 0.2) is 0 Å². The molecule has 0 aliphatic carbocycles. The fraction of sp³-hybridized carbons (Fsp3) is 0.360. The number of nitrogens with one attached hydrogen (secondary N) is 1. The number of hydrogen-bond donors (Lipinski definition) is 1. The Bertz CT molecular complexity index is 1090. The third kappa shape index (κ3) is 4.45. The Morgan fingerprint density at radius 1 is 1.22 bits per heavy atom. The summed E-state index contributed by atoms with van der Waals surface area (Å²) < 4.78 is 24.9. The lowest BCUT2D eigenvalue weighted by Crippen LogP contribution is -2.25.